The van der Waals surface area contributed by atoms with E-state index in [1.807, 2.05) is 0 Å². The highest BCUT2D eigenvalue weighted by atomic mass is 19.4. The summed E-state index contributed by atoms with van der Waals surface area (Å²) in [6.45, 7) is 1.46. The Labute approximate surface area is 142 Å². The smallest absolute Gasteiger partial charge is 0.416 e. The summed E-state index contributed by atoms with van der Waals surface area (Å²) in [6, 6.07) is 11.5. The number of alkyl halides is 3. The van der Waals surface area contributed by atoms with Gasteiger partial charge >= 0.3 is 6.18 Å². The highest BCUT2D eigenvalue weighted by molar-refractivity contribution is 5.99. The Balaban J connectivity index is 2.14. The molecule has 0 unspecified atom stereocenters. The lowest BCUT2D eigenvalue weighted by Gasteiger charge is -2.11. The number of hydrogen-bond acceptors (Lipinski definition) is 3. The molecule has 0 amide bonds. The standard InChI is InChI=1S/C19H14F3NO2/c1-11(24)13-5-8-15-17(9-13)23-16(10-18(15)25-2)12-3-6-14(7-4-12)19(20,21)22/h3-10H,1-2H3. The van der Waals surface area contributed by atoms with E-state index in [1.165, 1.54) is 26.2 Å². The largest absolute Gasteiger partial charge is 0.496 e. The van der Waals surface area contributed by atoms with Crippen molar-refractivity contribution < 1.29 is 22.7 Å². The van der Waals surface area contributed by atoms with Crippen LogP contribution in [-0.2, 0) is 6.18 Å². The van der Waals surface area contributed by atoms with Crippen molar-refractivity contribution in [2.75, 3.05) is 7.11 Å². The van der Waals surface area contributed by atoms with Crippen LogP contribution >= 0.6 is 0 Å². The number of rotatable bonds is 3. The molecule has 6 heteroatoms. The molecule has 128 valence electrons. The van der Waals surface area contributed by atoms with Gasteiger partial charge in [0.25, 0.3) is 0 Å². The van der Waals surface area contributed by atoms with Gasteiger partial charge in [0, 0.05) is 22.6 Å². The molecule has 0 spiro atoms. The van der Waals surface area contributed by atoms with Gasteiger partial charge in [-0.05, 0) is 31.2 Å². The predicted octanol–water partition coefficient (Wildman–Crippen LogP) is 5.13. The van der Waals surface area contributed by atoms with Crippen molar-refractivity contribution in [2.24, 2.45) is 0 Å². The highest BCUT2D eigenvalue weighted by Crippen LogP contribution is 2.33. The van der Waals surface area contributed by atoms with E-state index in [1.54, 1.807) is 24.3 Å². The number of ether oxygens (including phenoxy) is 1. The molecule has 2 aromatic carbocycles. The van der Waals surface area contributed by atoms with Crippen LogP contribution in [0.25, 0.3) is 22.2 Å². The number of ketones is 1. The van der Waals surface area contributed by atoms with Gasteiger partial charge in [-0.1, -0.05) is 18.2 Å². The Bertz CT molecular complexity index is 947. The lowest BCUT2D eigenvalue weighted by Crippen LogP contribution is -2.04. The number of methoxy groups -OCH3 is 1. The van der Waals surface area contributed by atoms with Gasteiger partial charge < -0.3 is 4.74 Å². The van der Waals surface area contributed by atoms with Crippen molar-refractivity contribution in [3.8, 4) is 17.0 Å². The van der Waals surface area contributed by atoms with E-state index in [2.05, 4.69) is 4.98 Å². The molecular weight excluding hydrogens is 331 g/mol. The van der Waals surface area contributed by atoms with Crippen molar-refractivity contribution >= 4 is 16.7 Å². The fourth-order valence-electron chi connectivity index (χ4n) is 2.56. The first-order chi connectivity index (χ1) is 11.8. The van der Waals surface area contributed by atoms with Crippen LogP contribution in [0.1, 0.15) is 22.8 Å². The van der Waals surface area contributed by atoms with Crippen LogP contribution in [0.2, 0.25) is 0 Å². The number of pyridine rings is 1. The molecule has 0 saturated heterocycles. The van der Waals surface area contributed by atoms with Gasteiger partial charge in [0.15, 0.2) is 5.78 Å². The number of hydrogen-bond donors (Lipinski definition) is 0. The average molecular weight is 345 g/mol. The van der Waals surface area contributed by atoms with Crippen LogP contribution in [0.3, 0.4) is 0 Å². The quantitative estimate of drug-likeness (QED) is 0.618. The molecule has 1 heterocycles. The second-order valence-electron chi connectivity index (χ2n) is 5.57. The predicted molar refractivity (Wildman–Crippen MR) is 88.7 cm³/mol. The second-order valence-corrected chi connectivity index (χ2v) is 5.57. The summed E-state index contributed by atoms with van der Waals surface area (Å²) in [5.74, 6) is 0.442. The number of fused-ring (bicyclic) bond motifs is 1. The molecule has 0 atom stereocenters. The minimum Gasteiger partial charge on any atom is -0.496 e. The Kier molecular flexibility index (Phi) is 4.20. The fraction of sp³-hybridized carbons (Fsp3) is 0.158. The Morgan fingerprint density at radius 3 is 2.28 bits per heavy atom. The summed E-state index contributed by atoms with van der Waals surface area (Å²) >= 11 is 0. The monoisotopic (exact) mass is 345 g/mol. The Morgan fingerprint density at radius 1 is 1.04 bits per heavy atom. The van der Waals surface area contributed by atoms with E-state index in [9.17, 15) is 18.0 Å². The van der Waals surface area contributed by atoms with E-state index in [0.717, 1.165) is 17.5 Å². The molecule has 3 rings (SSSR count). The summed E-state index contributed by atoms with van der Waals surface area (Å²) in [5, 5.41) is 0.725. The number of halogens is 3. The second kappa shape index (κ2) is 6.20. The Hall–Kier alpha value is -2.89. The number of Topliss-reactive ketones (excluding diaryl/α,β-unsaturated/α-hetero) is 1. The van der Waals surface area contributed by atoms with Crippen LogP contribution in [0.5, 0.6) is 5.75 Å². The summed E-state index contributed by atoms with van der Waals surface area (Å²) in [5.41, 5.74) is 1.33. The third-order valence-electron chi connectivity index (χ3n) is 3.91. The lowest BCUT2D eigenvalue weighted by atomic mass is 10.0. The number of benzene rings is 2. The van der Waals surface area contributed by atoms with Gasteiger partial charge in [-0.3, -0.25) is 4.79 Å². The van der Waals surface area contributed by atoms with Gasteiger partial charge in [0.2, 0.25) is 0 Å². The molecule has 0 N–H and O–H groups in total. The molecular formula is C19H14F3NO2. The zero-order valence-corrected chi connectivity index (χ0v) is 13.5. The van der Waals surface area contributed by atoms with E-state index in [0.29, 0.717) is 28.1 Å². The van der Waals surface area contributed by atoms with Gasteiger partial charge in [0.1, 0.15) is 5.75 Å². The van der Waals surface area contributed by atoms with Crippen LogP contribution in [0.15, 0.2) is 48.5 Å². The van der Waals surface area contributed by atoms with Crippen molar-refractivity contribution in [3.63, 3.8) is 0 Å². The molecule has 1 aromatic heterocycles. The molecule has 3 aromatic rings. The normalized spacial score (nSPS) is 11.6. The Morgan fingerprint density at radius 2 is 1.72 bits per heavy atom. The molecule has 0 aliphatic carbocycles. The van der Waals surface area contributed by atoms with Crippen molar-refractivity contribution in [2.45, 2.75) is 13.1 Å². The first kappa shape index (κ1) is 17.0. The van der Waals surface area contributed by atoms with Gasteiger partial charge in [0.05, 0.1) is 23.9 Å². The van der Waals surface area contributed by atoms with E-state index in [-0.39, 0.29) is 5.78 Å². The molecule has 25 heavy (non-hydrogen) atoms. The highest BCUT2D eigenvalue weighted by Gasteiger charge is 2.30. The zero-order chi connectivity index (χ0) is 18.2. The van der Waals surface area contributed by atoms with Crippen LogP contribution in [-0.4, -0.2) is 17.9 Å². The van der Waals surface area contributed by atoms with E-state index in [4.69, 9.17) is 4.74 Å². The average Bonchev–Trinajstić information content (AvgIpc) is 2.59. The summed E-state index contributed by atoms with van der Waals surface area (Å²) < 4.78 is 43.5. The maximum Gasteiger partial charge on any atom is 0.416 e. The SMILES string of the molecule is COc1cc(-c2ccc(C(F)(F)F)cc2)nc2cc(C(C)=O)ccc12. The molecule has 0 fully saturated rings. The summed E-state index contributed by atoms with van der Waals surface area (Å²) in [6.07, 6.45) is -4.39. The van der Waals surface area contributed by atoms with E-state index >= 15 is 0 Å². The maximum absolute atomic E-state index is 12.7. The first-order valence-corrected chi connectivity index (χ1v) is 7.47. The summed E-state index contributed by atoms with van der Waals surface area (Å²) in [7, 11) is 1.50. The number of carbonyl (C=O) groups excluding carboxylic acids is 1. The minimum atomic E-state index is -4.39. The molecule has 0 aliphatic rings. The van der Waals surface area contributed by atoms with Gasteiger partial charge in [-0.2, -0.15) is 13.2 Å². The first-order valence-electron chi connectivity index (χ1n) is 7.47. The zero-order valence-electron chi connectivity index (χ0n) is 13.5. The maximum atomic E-state index is 12.7. The van der Waals surface area contributed by atoms with Crippen LogP contribution < -0.4 is 4.74 Å². The molecule has 0 bridgehead atoms. The van der Waals surface area contributed by atoms with E-state index < -0.39 is 11.7 Å². The fourth-order valence-corrected chi connectivity index (χ4v) is 2.56. The molecule has 0 radical (unpaired) electrons. The van der Waals surface area contributed by atoms with Gasteiger partial charge in [-0.15, -0.1) is 0 Å². The topological polar surface area (TPSA) is 39.2 Å². The summed E-state index contributed by atoms with van der Waals surface area (Å²) in [4.78, 5) is 16.0. The van der Waals surface area contributed by atoms with Crippen molar-refractivity contribution in [1.29, 1.82) is 0 Å². The van der Waals surface area contributed by atoms with Gasteiger partial charge in [-0.25, -0.2) is 4.98 Å². The minimum absolute atomic E-state index is 0.0948. The molecule has 0 saturated carbocycles. The third kappa shape index (κ3) is 3.33. The number of aromatic nitrogens is 1. The van der Waals surface area contributed by atoms with Crippen molar-refractivity contribution in [3.05, 3.63) is 59.7 Å². The number of nitrogens with zero attached hydrogens (tertiary/aromatic N) is 1. The lowest BCUT2D eigenvalue weighted by molar-refractivity contribution is -0.137. The third-order valence-corrected chi connectivity index (χ3v) is 3.91. The number of carbonyl (C=O) groups is 1. The van der Waals surface area contributed by atoms with Crippen LogP contribution in [0.4, 0.5) is 13.2 Å². The molecule has 0 aliphatic heterocycles. The van der Waals surface area contributed by atoms with Crippen molar-refractivity contribution in [1.82, 2.24) is 4.98 Å². The molecule has 3 nitrogen and oxygen atoms in total. The van der Waals surface area contributed by atoms with Crippen LogP contribution in [0, 0.1) is 0 Å².